The van der Waals surface area contributed by atoms with Crippen molar-refractivity contribution in [1.29, 1.82) is 0 Å². The minimum absolute atomic E-state index is 0. The van der Waals surface area contributed by atoms with Crippen molar-refractivity contribution in [2.24, 2.45) is 5.73 Å². The molecule has 26 heavy (non-hydrogen) atoms. The molecule has 0 saturated carbocycles. The number of aliphatic hydroxyl groups excluding tert-OH is 1. The maximum atomic E-state index is 13.0. The van der Waals surface area contributed by atoms with Crippen LogP contribution in [0.15, 0.2) is 48.5 Å². The van der Waals surface area contributed by atoms with Crippen LogP contribution in [0.4, 0.5) is 8.78 Å². The van der Waals surface area contributed by atoms with E-state index in [9.17, 15) is 18.7 Å². The van der Waals surface area contributed by atoms with Crippen LogP contribution in [0.25, 0.3) is 0 Å². The van der Waals surface area contributed by atoms with Crippen molar-refractivity contribution in [3.8, 4) is 5.75 Å². The molecule has 2 aromatic carbocycles. The van der Waals surface area contributed by atoms with Crippen LogP contribution in [0.5, 0.6) is 5.75 Å². The molecule has 0 heterocycles. The molecule has 0 aliphatic rings. The zero-order valence-electron chi connectivity index (χ0n) is 13.9. The highest BCUT2D eigenvalue weighted by Gasteiger charge is 2.15. The largest absolute Gasteiger partial charge is 0.491 e. The van der Waals surface area contributed by atoms with Crippen LogP contribution in [-0.2, 0) is 11.2 Å². The van der Waals surface area contributed by atoms with Gasteiger partial charge in [0, 0.05) is 12.6 Å². The second-order valence-corrected chi connectivity index (χ2v) is 5.58. The molecule has 0 aliphatic carbocycles. The third-order valence-corrected chi connectivity index (χ3v) is 3.48. The van der Waals surface area contributed by atoms with Crippen LogP contribution in [-0.4, -0.2) is 36.3 Å². The van der Waals surface area contributed by atoms with Crippen LogP contribution in [0.2, 0.25) is 0 Å². The summed E-state index contributed by atoms with van der Waals surface area (Å²) in [5.74, 6) is -2.32. The van der Waals surface area contributed by atoms with Crippen molar-refractivity contribution in [1.82, 2.24) is 5.32 Å². The maximum Gasteiger partial charge on any atom is 0.237 e. The minimum atomic E-state index is -1.04. The molecule has 2 aromatic rings. The Hall–Kier alpha value is -2.22. The van der Waals surface area contributed by atoms with Gasteiger partial charge in [-0.3, -0.25) is 4.79 Å². The number of carbonyl (C=O) groups excluding carboxylic acids is 1. The van der Waals surface area contributed by atoms with Gasteiger partial charge in [-0.1, -0.05) is 30.3 Å². The third-order valence-electron chi connectivity index (χ3n) is 3.48. The molecule has 4 N–H and O–H groups in total. The second-order valence-electron chi connectivity index (χ2n) is 5.58. The molecule has 0 aliphatic heterocycles. The average molecular weight is 387 g/mol. The summed E-state index contributed by atoms with van der Waals surface area (Å²) in [5, 5.41) is 12.3. The van der Waals surface area contributed by atoms with Crippen LogP contribution in [0.3, 0.4) is 0 Å². The van der Waals surface area contributed by atoms with Crippen molar-refractivity contribution in [3.05, 3.63) is 65.7 Å². The molecule has 2 atom stereocenters. The van der Waals surface area contributed by atoms with E-state index in [1.165, 1.54) is 6.07 Å². The van der Waals surface area contributed by atoms with Gasteiger partial charge in [-0.25, -0.2) is 8.78 Å². The highest BCUT2D eigenvalue weighted by molar-refractivity contribution is 5.85. The molecule has 0 fully saturated rings. The number of carbonyl (C=O) groups is 1. The molecule has 0 bridgehead atoms. The van der Waals surface area contributed by atoms with Gasteiger partial charge in [-0.15, -0.1) is 12.4 Å². The number of hydrogen-bond acceptors (Lipinski definition) is 4. The molecular formula is C18H21ClF2N2O3. The normalized spacial score (nSPS) is 12.6. The SMILES string of the molecule is Cl.N[C@@H](Cc1ccccc1)C(=O)NCC(O)COc1ccc(F)c(F)c1. The quantitative estimate of drug-likeness (QED) is 0.646. The van der Waals surface area contributed by atoms with Crippen molar-refractivity contribution in [2.45, 2.75) is 18.6 Å². The van der Waals surface area contributed by atoms with E-state index >= 15 is 0 Å². The van der Waals surface area contributed by atoms with Gasteiger partial charge in [-0.2, -0.15) is 0 Å². The Kier molecular flexibility index (Phi) is 8.98. The van der Waals surface area contributed by atoms with E-state index in [1.54, 1.807) is 0 Å². The first-order valence-electron chi connectivity index (χ1n) is 7.79. The first-order chi connectivity index (χ1) is 12.0. The summed E-state index contributed by atoms with van der Waals surface area (Å²) in [6.45, 7) is -0.246. The molecular weight excluding hydrogens is 366 g/mol. The van der Waals surface area contributed by atoms with Gasteiger partial charge < -0.3 is 20.9 Å². The number of ether oxygens (including phenoxy) is 1. The first-order valence-corrected chi connectivity index (χ1v) is 7.79. The molecule has 8 heteroatoms. The molecule has 1 unspecified atom stereocenters. The van der Waals surface area contributed by atoms with Gasteiger partial charge in [0.1, 0.15) is 18.5 Å². The van der Waals surface area contributed by atoms with Crippen LogP contribution < -0.4 is 15.8 Å². The lowest BCUT2D eigenvalue weighted by molar-refractivity contribution is -0.122. The molecule has 0 aromatic heterocycles. The fraction of sp³-hybridized carbons (Fsp3) is 0.278. The topological polar surface area (TPSA) is 84.6 Å². The molecule has 1 amide bonds. The van der Waals surface area contributed by atoms with Crippen molar-refractivity contribution < 1.29 is 23.4 Å². The standard InChI is InChI=1S/C18H20F2N2O3.ClH/c19-15-7-6-14(9-16(15)20)25-11-13(23)10-22-18(24)17(21)8-12-4-2-1-3-5-12;/h1-7,9,13,17,23H,8,10-11,21H2,(H,22,24);1H/t13?,17-;/m0./s1. The third kappa shape index (κ3) is 6.95. The second kappa shape index (κ2) is 10.7. The van der Waals surface area contributed by atoms with Crippen molar-refractivity contribution >= 4 is 18.3 Å². The van der Waals surface area contributed by atoms with E-state index in [0.29, 0.717) is 6.42 Å². The summed E-state index contributed by atoms with van der Waals surface area (Å²) in [6, 6.07) is 11.7. The van der Waals surface area contributed by atoms with Crippen molar-refractivity contribution in [2.75, 3.05) is 13.2 Å². The Morgan fingerprint density at radius 1 is 1.15 bits per heavy atom. The molecule has 5 nitrogen and oxygen atoms in total. The summed E-state index contributed by atoms with van der Waals surface area (Å²) < 4.78 is 31.0. The fourth-order valence-electron chi connectivity index (χ4n) is 2.13. The zero-order chi connectivity index (χ0) is 18.2. The van der Waals surface area contributed by atoms with E-state index in [2.05, 4.69) is 5.32 Å². The van der Waals surface area contributed by atoms with E-state index in [1.807, 2.05) is 30.3 Å². The Labute approximate surface area is 156 Å². The van der Waals surface area contributed by atoms with Crippen LogP contribution in [0, 0.1) is 11.6 Å². The Morgan fingerprint density at radius 2 is 1.85 bits per heavy atom. The number of halogens is 3. The average Bonchev–Trinajstić information content (AvgIpc) is 2.61. The number of aliphatic hydroxyl groups is 1. The Morgan fingerprint density at radius 3 is 2.50 bits per heavy atom. The summed E-state index contributed by atoms with van der Waals surface area (Å²) in [5.41, 5.74) is 6.77. The van der Waals surface area contributed by atoms with E-state index in [4.69, 9.17) is 10.5 Å². The van der Waals surface area contributed by atoms with Gasteiger partial charge in [0.2, 0.25) is 5.91 Å². The first kappa shape index (κ1) is 21.8. The highest BCUT2D eigenvalue weighted by Crippen LogP contribution is 2.15. The van der Waals surface area contributed by atoms with Gasteiger partial charge in [0.25, 0.3) is 0 Å². The lowest BCUT2D eigenvalue weighted by Gasteiger charge is -2.16. The predicted molar refractivity (Wildman–Crippen MR) is 96.2 cm³/mol. The number of hydrogen-bond donors (Lipinski definition) is 3. The van der Waals surface area contributed by atoms with E-state index in [0.717, 1.165) is 17.7 Å². The molecule has 0 saturated heterocycles. The van der Waals surface area contributed by atoms with Gasteiger partial charge >= 0.3 is 0 Å². The van der Waals surface area contributed by atoms with Gasteiger partial charge in [-0.05, 0) is 24.1 Å². The number of amides is 1. The van der Waals surface area contributed by atoms with E-state index < -0.39 is 29.7 Å². The maximum absolute atomic E-state index is 13.0. The van der Waals surface area contributed by atoms with Crippen molar-refractivity contribution in [3.63, 3.8) is 0 Å². The van der Waals surface area contributed by atoms with Gasteiger partial charge in [0.05, 0.1) is 6.04 Å². The fourth-order valence-corrected chi connectivity index (χ4v) is 2.13. The molecule has 2 rings (SSSR count). The minimum Gasteiger partial charge on any atom is -0.491 e. The summed E-state index contributed by atoms with van der Waals surface area (Å²) in [7, 11) is 0. The smallest absolute Gasteiger partial charge is 0.237 e. The number of rotatable bonds is 8. The summed E-state index contributed by atoms with van der Waals surface area (Å²) in [6.07, 6.45) is -0.630. The summed E-state index contributed by atoms with van der Waals surface area (Å²) in [4.78, 5) is 11.9. The number of nitrogens with two attached hydrogens (primary N) is 1. The predicted octanol–water partition coefficient (Wildman–Crippen LogP) is 1.81. The molecule has 0 radical (unpaired) electrons. The number of benzene rings is 2. The highest BCUT2D eigenvalue weighted by atomic mass is 35.5. The molecule has 0 spiro atoms. The van der Waals surface area contributed by atoms with Crippen LogP contribution >= 0.6 is 12.4 Å². The number of nitrogens with one attached hydrogen (secondary N) is 1. The van der Waals surface area contributed by atoms with Crippen LogP contribution in [0.1, 0.15) is 5.56 Å². The Bertz CT molecular complexity index is 704. The Balaban J connectivity index is 0.00000338. The summed E-state index contributed by atoms with van der Waals surface area (Å²) >= 11 is 0. The van der Waals surface area contributed by atoms with E-state index in [-0.39, 0.29) is 31.3 Å². The molecule has 142 valence electrons. The lowest BCUT2D eigenvalue weighted by atomic mass is 10.1. The monoisotopic (exact) mass is 386 g/mol. The lowest BCUT2D eigenvalue weighted by Crippen LogP contribution is -2.45. The van der Waals surface area contributed by atoms with Gasteiger partial charge in [0.15, 0.2) is 11.6 Å². The zero-order valence-corrected chi connectivity index (χ0v) is 14.7.